The molecule has 0 aromatic carbocycles. The Kier molecular flexibility index (Phi) is 2.52. The van der Waals surface area contributed by atoms with E-state index in [2.05, 4.69) is 4.98 Å². The summed E-state index contributed by atoms with van der Waals surface area (Å²) in [5, 5.41) is 10.6. The van der Waals surface area contributed by atoms with Crippen LogP contribution in [-0.2, 0) is 0 Å². The first kappa shape index (κ1) is 9.49. The summed E-state index contributed by atoms with van der Waals surface area (Å²) in [6.45, 7) is 0. The van der Waals surface area contributed by atoms with Crippen LogP contribution in [0, 0.1) is 11.3 Å². The molecule has 15 heavy (non-hydrogen) atoms. The molecule has 2 N–H and O–H groups in total. The molecule has 0 atom stereocenters. The second-order valence-electron chi connectivity index (χ2n) is 2.73. The van der Waals surface area contributed by atoms with Crippen LogP contribution in [0.3, 0.4) is 0 Å². The van der Waals surface area contributed by atoms with Crippen molar-refractivity contribution < 1.29 is 4.42 Å². The molecule has 2 aromatic rings. The summed E-state index contributed by atoms with van der Waals surface area (Å²) in [5.74, 6) is 0.403. The molecule has 0 bridgehead atoms. The predicted octanol–water partition coefficient (Wildman–Crippen LogP) is 2.36. The number of nitriles is 1. The van der Waals surface area contributed by atoms with E-state index in [1.165, 1.54) is 0 Å². The summed E-state index contributed by atoms with van der Waals surface area (Å²) in [4.78, 5) is 4.98. The number of nitrogens with two attached hydrogens (primary N) is 1. The second kappa shape index (κ2) is 3.98. The fraction of sp³-hybridized carbons (Fsp3) is 0. The minimum absolute atomic E-state index is 0.0586. The highest BCUT2D eigenvalue weighted by atomic mass is 32.1. The monoisotopic (exact) mass is 217 g/mol. The van der Waals surface area contributed by atoms with Gasteiger partial charge in [0, 0.05) is 11.0 Å². The first-order chi connectivity index (χ1) is 7.29. The maximum Gasteiger partial charge on any atom is 0.229 e. The summed E-state index contributed by atoms with van der Waals surface area (Å²) in [6.07, 6.45) is 3.54. The molecular formula is C10H7N3OS. The van der Waals surface area contributed by atoms with Crippen LogP contribution in [0.2, 0.25) is 0 Å². The zero-order valence-electron chi connectivity index (χ0n) is 7.68. The molecule has 4 nitrogen and oxygen atoms in total. The van der Waals surface area contributed by atoms with E-state index in [0.717, 1.165) is 4.88 Å². The first-order valence-corrected chi connectivity index (χ1v) is 5.05. The highest BCUT2D eigenvalue weighted by Crippen LogP contribution is 2.16. The Hall–Kier alpha value is -2.06. The number of nitrogen functional groups attached to an aromatic ring is 1. The Labute approximate surface area is 90.3 Å². The van der Waals surface area contributed by atoms with Crippen LogP contribution in [0.5, 0.6) is 0 Å². The molecule has 0 unspecified atom stereocenters. The van der Waals surface area contributed by atoms with Crippen molar-refractivity contribution >= 4 is 29.4 Å². The van der Waals surface area contributed by atoms with Gasteiger partial charge in [-0.1, -0.05) is 6.07 Å². The van der Waals surface area contributed by atoms with Crippen LogP contribution in [0.25, 0.3) is 12.2 Å². The number of nitrogens with zero attached hydrogens (tertiary/aromatic N) is 2. The van der Waals surface area contributed by atoms with Crippen molar-refractivity contribution in [1.29, 1.82) is 5.26 Å². The van der Waals surface area contributed by atoms with E-state index >= 15 is 0 Å². The molecule has 0 aliphatic heterocycles. The third kappa shape index (κ3) is 2.06. The van der Waals surface area contributed by atoms with Gasteiger partial charge in [0.15, 0.2) is 0 Å². The standard InChI is InChI=1S/C10H7N3OS/c11-6-8-10(12)14-9(13-8)4-3-7-2-1-5-15-7/h1-5H,12H2. The molecule has 2 rings (SSSR count). The Morgan fingerprint density at radius 2 is 2.40 bits per heavy atom. The van der Waals surface area contributed by atoms with Crippen molar-refractivity contribution in [2.24, 2.45) is 0 Å². The smallest absolute Gasteiger partial charge is 0.229 e. The van der Waals surface area contributed by atoms with Gasteiger partial charge in [0.25, 0.3) is 0 Å². The van der Waals surface area contributed by atoms with Gasteiger partial charge in [0.05, 0.1) is 0 Å². The van der Waals surface area contributed by atoms with Gasteiger partial charge >= 0.3 is 0 Å². The minimum atomic E-state index is 0.0586. The lowest BCUT2D eigenvalue weighted by atomic mass is 10.4. The van der Waals surface area contributed by atoms with Gasteiger partial charge in [-0.2, -0.15) is 10.2 Å². The second-order valence-corrected chi connectivity index (χ2v) is 3.70. The number of anilines is 1. The van der Waals surface area contributed by atoms with Crippen molar-refractivity contribution in [3.63, 3.8) is 0 Å². The summed E-state index contributed by atoms with van der Waals surface area (Å²) >= 11 is 1.61. The molecule has 2 aromatic heterocycles. The lowest BCUT2D eigenvalue weighted by molar-refractivity contribution is 0.565. The number of rotatable bonds is 2. The van der Waals surface area contributed by atoms with Crippen LogP contribution in [0.15, 0.2) is 21.9 Å². The Bertz CT molecular complexity index is 519. The maximum atomic E-state index is 8.61. The zero-order valence-corrected chi connectivity index (χ0v) is 8.49. The van der Waals surface area contributed by atoms with Gasteiger partial charge < -0.3 is 10.2 Å². The van der Waals surface area contributed by atoms with E-state index < -0.39 is 0 Å². The van der Waals surface area contributed by atoms with E-state index in [4.69, 9.17) is 15.4 Å². The molecule has 0 spiro atoms. The van der Waals surface area contributed by atoms with Gasteiger partial charge in [0.1, 0.15) is 6.07 Å². The number of hydrogen-bond donors (Lipinski definition) is 1. The van der Waals surface area contributed by atoms with Gasteiger partial charge in [-0.3, -0.25) is 0 Å². The van der Waals surface area contributed by atoms with Gasteiger partial charge in [0.2, 0.25) is 17.5 Å². The number of hydrogen-bond acceptors (Lipinski definition) is 5. The van der Waals surface area contributed by atoms with E-state index in [1.54, 1.807) is 17.4 Å². The van der Waals surface area contributed by atoms with Crippen LogP contribution in [0.4, 0.5) is 5.88 Å². The van der Waals surface area contributed by atoms with E-state index in [1.807, 2.05) is 29.7 Å². The number of aromatic nitrogens is 1. The van der Waals surface area contributed by atoms with Crippen LogP contribution < -0.4 is 5.73 Å². The molecule has 2 heterocycles. The average Bonchev–Trinajstić information content (AvgIpc) is 2.83. The first-order valence-electron chi connectivity index (χ1n) is 4.17. The van der Waals surface area contributed by atoms with Crippen molar-refractivity contribution in [2.75, 3.05) is 5.73 Å². The van der Waals surface area contributed by atoms with Crippen LogP contribution >= 0.6 is 11.3 Å². The Morgan fingerprint density at radius 3 is 3.00 bits per heavy atom. The lowest BCUT2D eigenvalue weighted by Gasteiger charge is -1.82. The predicted molar refractivity (Wildman–Crippen MR) is 58.9 cm³/mol. The molecule has 0 amide bonds. The minimum Gasteiger partial charge on any atom is -0.420 e. The zero-order chi connectivity index (χ0) is 10.7. The van der Waals surface area contributed by atoms with Gasteiger partial charge in [-0.05, 0) is 17.5 Å². The van der Waals surface area contributed by atoms with Crippen molar-refractivity contribution in [3.8, 4) is 6.07 Å². The van der Waals surface area contributed by atoms with Gasteiger partial charge in [-0.25, -0.2) is 0 Å². The number of thiophene rings is 1. The summed E-state index contributed by atoms with van der Waals surface area (Å²) in [5.41, 5.74) is 5.54. The molecule has 0 aliphatic carbocycles. The SMILES string of the molecule is N#Cc1nc(C=Cc2cccs2)oc1N. The van der Waals surface area contributed by atoms with E-state index in [0.29, 0.717) is 5.89 Å². The van der Waals surface area contributed by atoms with Crippen LogP contribution in [-0.4, -0.2) is 4.98 Å². The fourth-order valence-electron chi connectivity index (χ4n) is 1.04. The normalized spacial score (nSPS) is 10.6. The van der Waals surface area contributed by atoms with E-state index in [9.17, 15) is 0 Å². The molecule has 5 heteroatoms. The Balaban J connectivity index is 2.22. The topological polar surface area (TPSA) is 75.8 Å². The highest BCUT2D eigenvalue weighted by molar-refractivity contribution is 7.10. The maximum absolute atomic E-state index is 8.61. The quantitative estimate of drug-likeness (QED) is 0.837. The summed E-state index contributed by atoms with van der Waals surface area (Å²) in [6, 6.07) is 5.77. The van der Waals surface area contributed by atoms with Crippen LogP contribution in [0.1, 0.15) is 16.5 Å². The van der Waals surface area contributed by atoms with Gasteiger partial charge in [-0.15, -0.1) is 11.3 Å². The Morgan fingerprint density at radius 1 is 1.53 bits per heavy atom. The average molecular weight is 217 g/mol. The molecule has 0 saturated carbocycles. The number of oxazole rings is 1. The largest absolute Gasteiger partial charge is 0.420 e. The molecule has 0 fully saturated rings. The highest BCUT2D eigenvalue weighted by Gasteiger charge is 2.06. The summed E-state index contributed by atoms with van der Waals surface area (Å²) in [7, 11) is 0. The van der Waals surface area contributed by atoms with Crippen molar-refractivity contribution in [2.45, 2.75) is 0 Å². The lowest BCUT2D eigenvalue weighted by Crippen LogP contribution is -1.83. The van der Waals surface area contributed by atoms with Crippen molar-refractivity contribution in [1.82, 2.24) is 4.98 Å². The third-order valence-electron chi connectivity index (χ3n) is 1.71. The molecule has 0 aliphatic rings. The summed E-state index contributed by atoms with van der Waals surface area (Å²) < 4.78 is 5.07. The molecule has 0 saturated heterocycles. The molecule has 0 radical (unpaired) electrons. The van der Waals surface area contributed by atoms with E-state index in [-0.39, 0.29) is 11.6 Å². The third-order valence-corrected chi connectivity index (χ3v) is 2.55. The van der Waals surface area contributed by atoms with Crippen molar-refractivity contribution in [3.05, 3.63) is 34.0 Å². The molecular weight excluding hydrogens is 210 g/mol. The molecule has 74 valence electrons. The fourth-order valence-corrected chi connectivity index (χ4v) is 1.66.